The minimum absolute atomic E-state index is 0.0612. The third-order valence-corrected chi connectivity index (χ3v) is 2.62. The summed E-state index contributed by atoms with van der Waals surface area (Å²) in [4.78, 5) is 10.8. The quantitative estimate of drug-likeness (QED) is 0.609. The molecule has 0 heterocycles. The van der Waals surface area contributed by atoms with Gasteiger partial charge in [0.1, 0.15) is 0 Å². The molecular weight excluding hydrogens is 156 g/mol. The van der Waals surface area contributed by atoms with Gasteiger partial charge >= 0.3 is 5.97 Å². The standard InChI is InChI=1S/C9H14O3/c1-9(6-10)5-3-2-4-7(9)8(11)12/h2-3,7,10H,4-6H2,1H3,(H,11,12). The van der Waals surface area contributed by atoms with E-state index in [4.69, 9.17) is 10.2 Å². The highest BCUT2D eigenvalue weighted by Gasteiger charge is 2.38. The minimum Gasteiger partial charge on any atom is -0.481 e. The van der Waals surface area contributed by atoms with Crippen LogP contribution in [0, 0.1) is 11.3 Å². The molecule has 0 radical (unpaired) electrons. The largest absolute Gasteiger partial charge is 0.481 e. The van der Waals surface area contributed by atoms with Gasteiger partial charge in [-0.3, -0.25) is 4.79 Å². The van der Waals surface area contributed by atoms with Gasteiger partial charge in [-0.2, -0.15) is 0 Å². The molecule has 0 bridgehead atoms. The molecule has 0 spiro atoms. The van der Waals surface area contributed by atoms with Gasteiger partial charge in [-0.25, -0.2) is 0 Å². The fraction of sp³-hybridized carbons (Fsp3) is 0.667. The highest BCUT2D eigenvalue weighted by molar-refractivity contribution is 5.71. The van der Waals surface area contributed by atoms with Crippen molar-refractivity contribution >= 4 is 5.97 Å². The number of carbonyl (C=O) groups is 1. The maximum Gasteiger partial charge on any atom is 0.307 e. The van der Waals surface area contributed by atoms with Gasteiger partial charge in [-0.05, 0) is 12.8 Å². The zero-order valence-electron chi connectivity index (χ0n) is 7.16. The van der Waals surface area contributed by atoms with E-state index in [1.165, 1.54) is 0 Å². The van der Waals surface area contributed by atoms with Crippen molar-refractivity contribution in [3.8, 4) is 0 Å². The lowest BCUT2D eigenvalue weighted by Gasteiger charge is -2.34. The second kappa shape index (κ2) is 3.27. The summed E-state index contributed by atoms with van der Waals surface area (Å²) in [6.07, 6.45) is 5.00. The summed E-state index contributed by atoms with van der Waals surface area (Å²) in [6.45, 7) is 1.75. The van der Waals surface area contributed by atoms with Gasteiger partial charge in [-0.15, -0.1) is 0 Å². The van der Waals surface area contributed by atoms with Crippen LogP contribution in [-0.4, -0.2) is 22.8 Å². The molecule has 0 saturated carbocycles. The second-order valence-corrected chi connectivity index (χ2v) is 3.61. The Hall–Kier alpha value is -0.830. The molecule has 3 nitrogen and oxygen atoms in total. The van der Waals surface area contributed by atoms with Crippen molar-refractivity contribution in [1.29, 1.82) is 0 Å². The first kappa shape index (κ1) is 9.26. The summed E-state index contributed by atoms with van der Waals surface area (Å²) in [7, 11) is 0. The van der Waals surface area contributed by atoms with E-state index in [0.29, 0.717) is 12.8 Å². The molecule has 3 heteroatoms. The van der Waals surface area contributed by atoms with Crippen molar-refractivity contribution < 1.29 is 15.0 Å². The first-order valence-electron chi connectivity index (χ1n) is 4.09. The van der Waals surface area contributed by atoms with Gasteiger partial charge in [0.05, 0.1) is 5.92 Å². The number of rotatable bonds is 2. The van der Waals surface area contributed by atoms with E-state index in [-0.39, 0.29) is 6.61 Å². The van der Waals surface area contributed by atoms with Crippen LogP contribution >= 0.6 is 0 Å². The van der Waals surface area contributed by atoms with Gasteiger partial charge in [0.2, 0.25) is 0 Å². The first-order valence-corrected chi connectivity index (χ1v) is 4.09. The minimum atomic E-state index is -0.809. The molecule has 68 valence electrons. The van der Waals surface area contributed by atoms with Crippen molar-refractivity contribution in [2.24, 2.45) is 11.3 Å². The lowest BCUT2D eigenvalue weighted by Crippen LogP contribution is -2.37. The summed E-state index contributed by atoms with van der Waals surface area (Å²) < 4.78 is 0. The van der Waals surface area contributed by atoms with Crippen molar-refractivity contribution in [2.45, 2.75) is 19.8 Å². The fourth-order valence-electron chi connectivity index (χ4n) is 1.59. The lowest BCUT2D eigenvalue weighted by molar-refractivity contribution is -0.147. The Morgan fingerprint density at radius 1 is 1.67 bits per heavy atom. The number of hydrogen-bond donors (Lipinski definition) is 2. The molecule has 1 rings (SSSR count). The predicted molar refractivity (Wildman–Crippen MR) is 44.7 cm³/mol. The molecule has 1 aliphatic carbocycles. The highest BCUT2D eigenvalue weighted by atomic mass is 16.4. The molecular formula is C9H14O3. The van der Waals surface area contributed by atoms with Crippen molar-refractivity contribution in [1.82, 2.24) is 0 Å². The predicted octanol–water partition coefficient (Wildman–Crippen LogP) is 1.04. The first-order chi connectivity index (χ1) is 5.60. The summed E-state index contributed by atoms with van der Waals surface area (Å²) in [5, 5.41) is 17.9. The summed E-state index contributed by atoms with van der Waals surface area (Å²) in [5.74, 6) is -1.25. The smallest absolute Gasteiger partial charge is 0.307 e. The number of aliphatic carboxylic acids is 1. The summed E-state index contributed by atoms with van der Waals surface area (Å²) in [6, 6.07) is 0. The van der Waals surface area contributed by atoms with E-state index in [0.717, 1.165) is 0 Å². The number of carboxylic acids is 1. The third-order valence-electron chi connectivity index (χ3n) is 2.62. The van der Waals surface area contributed by atoms with Crippen LogP contribution in [0.2, 0.25) is 0 Å². The van der Waals surface area contributed by atoms with Crippen LogP contribution in [0.25, 0.3) is 0 Å². The second-order valence-electron chi connectivity index (χ2n) is 3.61. The van der Waals surface area contributed by atoms with Crippen LogP contribution < -0.4 is 0 Å². The zero-order chi connectivity index (χ0) is 9.19. The number of carboxylic acid groups (broad SMARTS) is 1. The maximum atomic E-state index is 10.8. The number of allylic oxidation sites excluding steroid dienone is 2. The number of aliphatic hydroxyl groups is 1. The SMILES string of the molecule is CC1(CO)CC=CCC1C(=O)O. The normalized spacial score (nSPS) is 35.0. The monoisotopic (exact) mass is 170 g/mol. The summed E-state index contributed by atoms with van der Waals surface area (Å²) in [5.41, 5.74) is -0.472. The van der Waals surface area contributed by atoms with Crippen molar-refractivity contribution in [2.75, 3.05) is 6.61 Å². The molecule has 0 aromatic carbocycles. The van der Waals surface area contributed by atoms with Crippen LogP contribution in [0.15, 0.2) is 12.2 Å². The lowest BCUT2D eigenvalue weighted by atomic mass is 9.71. The van der Waals surface area contributed by atoms with Crippen LogP contribution in [0.1, 0.15) is 19.8 Å². The van der Waals surface area contributed by atoms with Gasteiger partial charge in [0, 0.05) is 12.0 Å². The molecule has 1 aliphatic rings. The molecule has 0 fully saturated rings. The molecule has 2 N–H and O–H groups in total. The average molecular weight is 170 g/mol. The van der Waals surface area contributed by atoms with E-state index < -0.39 is 17.3 Å². The summed E-state index contributed by atoms with van der Waals surface area (Å²) >= 11 is 0. The van der Waals surface area contributed by atoms with Crippen LogP contribution in [-0.2, 0) is 4.79 Å². The van der Waals surface area contributed by atoms with Crippen molar-refractivity contribution in [3.63, 3.8) is 0 Å². The molecule has 12 heavy (non-hydrogen) atoms. The Labute approximate surface area is 71.7 Å². The fourth-order valence-corrected chi connectivity index (χ4v) is 1.59. The Morgan fingerprint density at radius 2 is 2.33 bits per heavy atom. The van der Waals surface area contributed by atoms with Gasteiger partial charge in [0.15, 0.2) is 0 Å². The van der Waals surface area contributed by atoms with E-state index >= 15 is 0 Å². The Bertz CT molecular complexity index is 210. The van der Waals surface area contributed by atoms with Crippen LogP contribution in [0.4, 0.5) is 0 Å². The van der Waals surface area contributed by atoms with Gasteiger partial charge < -0.3 is 10.2 Å². The average Bonchev–Trinajstić information content (AvgIpc) is 2.05. The van der Waals surface area contributed by atoms with E-state index in [1.807, 2.05) is 19.1 Å². The molecule has 0 aromatic heterocycles. The number of hydrogen-bond acceptors (Lipinski definition) is 2. The molecule has 0 amide bonds. The molecule has 2 unspecified atom stereocenters. The maximum absolute atomic E-state index is 10.8. The Balaban J connectivity index is 2.83. The van der Waals surface area contributed by atoms with Gasteiger partial charge in [-0.1, -0.05) is 19.1 Å². The molecule has 2 atom stereocenters. The Kier molecular flexibility index (Phi) is 2.52. The van der Waals surface area contributed by atoms with E-state index in [9.17, 15) is 4.79 Å². The molecule has 0 aromatic rings. The van der Waals surface area contributed by atoms with E-state index in [1.54, 1.807) is 0 Å². The number of aliphatic hydroxyl groups excluding tert-OH is 1. The molecule has 0 aliphatic heterocycles. The Morgan fingerprint density at radius 3 is 2.75 bits per heavy atom. The van der Waals surface area contributed by atoms with Crippen LogP contribution in [0.5, 0.6) is 0 Å². The van der Waals surface area contributed by atoms with Gasteiger partial charge in [0.25, 0.3) is 0 Å². The van der Waals surface area contributed by atoms with Crippen LogP contribution in [0.3, 0.4) is 0 Å². The van der Waals surface area contributed by atoms with E-state index in [2.05, 4.69) is 0 Å². The highest BCUT2D eigenvalue weighted by Crippen LogP contribution is 2.37. The molecule has 0 saturated heterocycles. The zero-order valence-corrected chi connectivity index (χ0v) is 7.16. The third kappa shape index (κ3) is 1.50. The topological polar surface area (TPSA) is 57.5 Å². The van der Waals surface area contributed by atoms with Crippen molar-refractivity contribution in [3.05, 3.63) is 12.2 Å².